The fourth-order valence-electron chi connectivity index (χ4n) is 10.8. The third kappa shape index (κ3) is 26.7. The van der Waals surface area contributed by atoms with Gasteiger partial charge in [-0.25, -0.2) is 0 Å². The number of nitrogens with one attached hydrogen (secondary N) is 1. The minimum atomic E-state index is -1.97. The van der Waals surface area contributed by atoms with Crippen molar-refractivity contribution in [2.24, 2.45) is 0 Å². The topological polar surface area (TPSA) is 307 Å². The number of carbonyl (C=O) groups is 1. The fourth-order valence-corrected chi connectivity index (χ4v) is 10.8. The number of carbonyl (C=O) groups excluding carboxylic acids is 1. The SMILES string of the molecule is CCCCCCCCCCCCCCCCCCCCC(O)C(COC1OC(CO)C(OC2OC(CO)C(OC3OC(CO)C(O)C(O)C3O)C(O)C2O)C(O)C1O)NC(=O)CCCCCCCCCCCCCCCC. The molecule has 19 nitrogen and oxygen atoms in total. The molecule has 0 bridgehead atoms. The minimum absolute atomic E-state index is 0.239. The lowest BCUT2D eigenvalue weighted by Gasteiger charge is -2.48. The van der Waals surface area contributed by atoms with Gasteiger partial charge < -0.3 is 89.9 Å². The predicted molar refractivity (Wildman–Crippen MR) is 291 cm³/mol. The smallest absolute Gasteiger partial charge is 0.220 e. The summed E-state index contributed by atoms with van der Waals surface area (Å²) in [6.45, 7) is 1.81. The molecule has 0 aliphatic carbocycles. The maximum absolute atomic E-state index is 13.3. The van der Waals surface area contributed by atoms with E-state index in [0.29, 0.717) is 12.8 Å². The van der Waals surface area contributed by atoms with Crippen molar-refractivity contribution in [1.29, 1.82) is 0 Å². The summed E-state index contributed by atoms with van der Waals surface area (Å²) in [5, 5.41) is 120. The highest BCUT2D eigenvalue weighted by Crippen LogP contribution is 2.33. The summed E-state index contributed by atoms with van der Waals surface area (Å²) in [7, 11) is 0. The molecule has 0 radical (unpaired) electrons. The second-order valence-electron chi connectivity index (χ2n) is 22.5. The third-order valence-corrected chi connectivity index (χ3v) is 15.9. The molecule has 0 aromatic carbocycles. The fraction of sp³-hybridized carbons (Fsp3) is 0.983. The number of aliphatic hydroxyl groups is 11. The lowest BCUT2D eigenvalue weighted by Crippen LogP contribution is -2.66. The molecule has 77 heavy (non-hydrogen) atoms. The van der Waals surface area contributed by atoms with E-state index in [0.717, 1.165) is 44.9 Å². The molecule has 1 amide bonds. The van der Waals surface area contributed by atoms with Crippen LogP contribution < -0.4 is 5.32 Å². The van der Waals surface area contributed by atoms with E-state index in [-0.39, 0.29) is 18.9 Å². The van der Waals surface area contributed by atoms with Gasteiger partial charge in [-0.3, -0.25) is 4.79 Å². The first-order chi connectivity index (χ1) is 37.3. The second-order valence-corrected chi connectivity index (χ2v) is 22.5. The van der Waals surface area contributed by atoms with Crippen molar-refractivity contribution in [2.45, 2.75) is 336 Å². The normalized spacial score (nSPS) is 30.6. The highest BCUT2D eigenvalue weighted by atomic mass is 16.8. The van der Waals surface area contributed by atoms with E-state index in [4.69, 9.17) is 28.4 Å². The third-order valence-electron chi connectivity index (χ3n) is 15.9. The van der Waals surface area contributed by atoms with E-state index in [1.54, 1.807) is 0 Å². The zero-order valence-corrected chi connectivity index (χ0v) is 47.5. The first kappa shape index (κ1) is 70.1. The molecule has 0 aromatic heterocycles. The van der Waals surface area contributed by atoms with Crippen LogP contribution in [0.4, 0.5) is 0 Å². The van der Waals surface area contributed by atoms with Gasteiger partial charge in [-0.05, 0) is 12.8 Å². The highest BCUT2D eigenvalue weighted by molar-refractivity contribution is 5.76. The van der Waals surface area contributed by atoms with Crippen molar-refractivity contribution >= 4 is 5.91 Å². The molecule has 19 heteroatoms. The minimum Gasteiger partial charge on any atom is -0.394 e. The molecule has 0 saturated carbocycles. The number of ether oxygens (including phenoxy) is 6. The summed E-state index contributed by atoms with van der Waals surface area (Å²) >= 11 is 0. The summed E-state index contributed by atoms with van der Waals surface area (Å²) in [6.07, 6.45) is 13.2. The largest absolute Gasteiger partial charge is 0.394 e. The maximum atomic E-state index is 13.3. The monoisotopic (exact) mass is 1110 g/mol. The Balaban J connectivity index is 1.49. The van der Waals surface area contributed by atoms with Crippen LogP contribution in [0.2, 0.25) is 0 Å². The van der Waals surface area contributed by atoms with Crippen molar-refractivity contribution in [3.05, 3.63) is 0 Å². The van der Waals surface area contributed by atoms with E-state index >= 15 is 0 Å². The molecule has 3 rings (SSSR count). The van der Waals surface area contributed by atoms with Gasteiger partial charge in [-0.1, -0.05) is 213 Å². The number of unbranched alkanes of at least 4 members (excludes halogenated alkanes) is 30. The maximum Gasteiger partial charge on any atom is 0.220 e. The summed E-state index contributed by atoms with van der Waals surface area (Å²) in [5.74, 6) is -0.239. The molecule has 3 aliphatic heterocycles. The molecule has 17 unspecified atom stereocenters. The van der Waals surface area contributed by atoms with Gasteiger partial charge in [0, 0.05) is 6.42 Å². The summed E-state index contributed by atoms with van der Waals surface area (Å²) in [4.78, 5) is 13.3. The van der Waals surface area contributed by atoms with Crippen molar-refractivity contribution < 1.29 is 89.4 Å². The van der Waals surface area contributed by atoms with Gasteiger partial charge in [0.05, 0.1) is 38.6 Å². The number of aliphatic hydroxyl groups excluding tert-OH is 11. The molecular weight excluding hydrogens is 999 g/mol. The van der Waals surface area contributed by atoms with Crippen LogP contribution in [0.25, 0.3) is 0 Å². The molecule has 17 atom stereocenters. The quantitative estimate of drug-likeness (QED) is 0.0330. The van der Waals surface area contributed by atoms with E-state index in [1.807, 2.05) is 0 Å². The van der Waals surface area contributed by atoms with Gasteiger partial charge in [0.2, 0.25) is 5.91 Å². The zero-order chi connectivity index (χ0) is 56.2. The Bertz CT molecular complexity index is 1420. The Morgan fingerprint density at radius 2 is 0.740 bits per heavy atom. The van der Waals surface area contributed by atoms with Crippen LogP contribution in [0.15, 0.2) is 0 Å². The number of hydrogen-bond acceptors (Lipinski definition) is 18. The Kier molecular flexibility index (Phi) is 38.7. The van der Waals surface area contributed by atoms with E-state index in [9.17, 15) is 61.0 Å². The molecule has 3 fully saturated rings. The Hall–Kier alpha value is -1.21. The number of hydrogen-bond donors (Lipinski definition) is 12. The molecular formula is C58H111NO18. The van der Waals surface area contributed by atoms with Crippen LogP contribution in [0.5, 0.6) is 0 Å². The summed E-state index contributed by atoms with van der Waals surface area (Å²) in [6, 6.07) is -0.879. The van der Waals surface area contributed by atoms with Crippen molar-refractivity contribution in [3.63, 3.8) is 0 Å². The Labute approximate surface area is 462 Å². The molecule has 456 valence electrons. The van der Waals surface area contributed by atoms with Crippen molar-refractivity contribution in [1.82, 2.24) is 5.32 Å². The average molecular weight is 1110 g/mol. The van der Waals surface area contributed by atoms with Crippen LogP contribution >= 0.6 is 0 Å². The molecule has 3 aliphatic rings. The molecule has 3 heterocycles. The highest BCUT2D eigenvalue weighted by Gasteiger charge is 2.53. The van der Waals surface area contributed by atoms with Crippen LogP contribution in [0, 0.1) is 0 Å². The lowest BCUT2D eigenvalue weighted by atomic mass is 9.96. The summed E-state index contributed by atoms with van der Waals surface area (Å²) in [5.41, 5.74) is 0. The van der Waals surface area contributed by atoms with Crippen molar-refractivity contribution in [3.8, 4) is 0 Å². The van der Waals surface area contributed by atoms with Gasteiger partial charge >= 0.3 is 0 Å². The number of amides is 1. The van der Waals surface area contributed by atoms with Crippen LogP contribution in [0.3, 0.4) is 0 Å². The van der Waals surface area contributed by atoms with E-state index < -0.39 is 124 Å². The molecule has 12 N–H and O–H groups in total. The zero-order valence-electron chi connectivity index (χ0n) is 47.5. The van der Waals surface area contributed by atoms with Crippen LogP contribution in [0.1, 0.15) is 232 Å². The van der Waals surface area contributed by atoms with E-state index in [2.05, 4.69) is 19.2 Å². The Morgan fingerprint density at radius 1 is 0.416 bits per heavy atom. The number of rotatable bonds is 46. The van der Waals surface area contributed by atoms with Gasteiger partial charge in [-0.2, -0.15) is 0 Å². The molecule has 3 saturated heterocycles. The Morgan fingerprint density at radius 3 is 1.13 bits per heavy atom. The first-order valence-electron chi connectivity index (χ1n) is 30.8. The van der Waals surface area contributed by atoms with Gasteiger partial charge in [0.25, 0.3) is 0 Å². The van der Waals surface area contributed by atoms with Crippen LogP contribution in [-0.2, 0) is 33.2 Å². The second kappa shape index (κ2) is 42.6. The molecule has 0 aromatic rings. The molecule has 0 spiro atoms. The first-order valence-corrected chi connectivity index (χ1v) is 30.8. The standard InChI is InChI=1S/C58H111NO18/c1-3-5-7-9-11-13-15-17-19-20-21-22-23-25-27-29-31-33-35-42(63)41(59-46(64)36-34-32-30-28-26-24-18-16-14-12-10-8-6-4-2)40-72-56-52(70)49(67)54(44(38-61)74-56)77-58-53(71)50(68)55(45(39-62)75-58)76-57-51(69)48(66)47(65)43(37-60)73-57/h41-45,47-58,60-63,65-71H,3-40H2,1-2H3,(H,59,64). The van der Waals surface area contributed by atoms with Gasteiger partial charge in [0.1, 0.15) is 73.2 Å². The van der Waals surface area contributed by atoms with E-state index in [1.165, 1.54) is 154 Å². The average Bonchev–Trinajstić information content (AvgIpc) is 3.43. The summed E-state index contributed by atoms with van der Waals surface area (Å²) < 4.78 is 34.3. The lowest BCUT2D eigenvalue weighted by molar-refractivity contribution is -0.379. The van der Waals surface area contributed by atoms with Gasteiger partial charge in [0.15, 0.2) is 18.9 Å². The predicted octanol–water partition coefficient (Wildman–Crippen LogP) is 5.60. The van der Waals surface area contributed by atoms with Crippen LogP contribution in [-0.4, -0.2) is 193 Å². The van der Waals surface area contributed by atoms with Crippen molar-refractivity contribution in [2.75, 3.05) is 26.4 Å². The van der Waals surface area contributed by atoms with Gasteiger partial charge in [-0.15, -0.1) is 0 Å².